The van der Waals surface area contributed by atoms with Crippen LogP contribution in [0.5, 0.6) is 0 Å². The Balaban J connectivity index is 1.12. The van der Waals surface area contributed by atoms with Crippen LogP contribution in [-0.4, -0.2) is 4.98 Å². The van der Waals surface area contributed by atoms with E-state index >= 15 is 0 Å². The van der Waals surface area contributed by atoms with Crippen LogP contribution in [0.25, 0.3) is 110 Å². The lowest BCUT2D eigenvalue weighted by Crippen LogP contribution is -2.26. The molecular weight excluding hydrogens is 727 g/mol. The molecule has 60 heavy (non-hydrogen) atoms. The predicted molar refractivity (Wildman–Crippen MR) is 249 cm³/mol. The Hall–Kier alpha value is -7.81. The smallest absolute Gasteiger partial charge is 0.136 e. The maximum absolute atomic E-state index is 6.56. The van der Waals surface area contributed by atoms with Crippen LogP contribution in [0.15, 0.2) is 205 Å². The van der Waals surface area contributed by atoms with Gasteiger partial charge in [-0.3, -0.25) is 4.98 Å². The zero-order valence-corrected chi connectivity index (χ0v) is 32.4. The number of pyridine rings is 1. The second-order valence-electron chi connectivity index (χ2n) is 16.5. The molecule has 1 atom stereocenters. The van der Waals surface area contributed by atoms with Crippen LogP contribution >= 0.6 is 0 Å². The summed E-state index contributed by atoms with van der Waals surface area (Å²) in [7, 11) is 0. The number of nitrogens with zero attached hydrogens (tertiary/aromatic N) is 1. The van der Waals surface area contributed by atoms with Gasteiger partial charge in [-0.05, 0) is 135 Å². The molecule has 0 bridgehead atoms. The predicted octanol–water partition coefficient (Wildman–Crippen LogP) is 15.3. The van der Waals surface area contributed by atoms with Crippen LogP contribution in [0.1, 0.15) is 22.3 Å². The quantitative estimate of drug-likeness (QED) is 0.164. The van der Waals surface area contributed by atoms with Crippen molar-refractivity contribution >= 4 is 65.2 Å². The van der Waals surface area contributed by atoms with Crippen molar-refractivity contribution in [3.05, 3.63) is 223 Å². The van der Waals surface area contributed by atoms with Crippen molar-refractivity contribution in [2.75, 3.05) is 0 Å². The Morgan fingerprint density at radius 2 is 1.00 bits per heavy atom. The fourth-order valence-corrected chi connectivity index (χ4v) is 11.4. The molecule has 2 heteroatoms. The second-order valence-corrected chi connectivity index (χ2v) is 16.5. The Morgan fingerprint density at radius 1 is 0.333 bits per heavy atom. The SMILES string of the molecule is c1ccc2c(c1)-c1cc3oc4ccccc4c3cc1C21c2cc(-c3c4ccccc4c(-c4cccc5ncccc45)c4ccccc34)ccc2-c2c1ccc1ccccc21. The minimum Gasteiger partial charge on any atom is -0.456 e. The number of hydrogen-bond acceptors (Lipinski definition) is 2. The molecule has 14 rings (SSSR count). The summed E-state index contributed by atoms with van der Waals surface area (Å²) in [4.78, 5) is 4.75. The molecule has 0 N–H and O–H groups in total. The normalized spacial score (nSPS) is 15.1. The Labute approximate surface area is 345 Å². The number of furan rings is 1. The first-order chi connectivity index (χ1) is 29.8. The van der Waals surface area contributed by atoms with Gasteiger partial charge in [-0.25, -0.2) is 0 Å². The molecule has 0 saturated heterocycles. The number of benzene rings is 10. The van der Waals surface area contributed by atoms with E-state index in [9.17, 15) is 0 Å². The molecule has 10 aromatic carbocycles. The van der Waals surface area contributed by atoms with Crippen molar-refractivity contribution in [3.8, 4) is 44.5 Å². The summed E-state index contributed by atoms with van der Waals surface area (Å²) in [6.45, 7) is 0. The summed E-state index contributed by atoms with van der Waals surface area (Å²) >= 11 is 0. The standard InChI is InChI=1S/C58H33NO/c1-2-14-36-34(13-1)27-29-49-57(36)45-28-26-35(31-50(45)58(49)48-23-9-7-15-37(48)46-33-54-47(32-51(46)58)39-16-8-10-25-53(39)60-54)55-41-17-3-5-19-43(41)56(44-20-6-4-18-42(44)55)40-21-11-24-52-38(40)22-12-30-59-52/h1-33H. The molecule has 0 radical (unpaired) electrons. The molecule has 2 aliphatic rings. The average Bonchev–Trinajstić information content (AvgIpc) is 3.93. The lowest BCUT2D eigenvalue weighted by atomic mass is 9.69. The molecule has 0 fully saturated rings. The van der Waals surface area contributed by atoms with Gasteiger partial charge in [-0.1, -0.05) is 158 Å². The lowest BCUT2D eigenvalue weighted by molar-refractivity contribution is 0.669. The van der Waals surface area contributed by atoms with E-state index in [0.29, 0.717) is 0 Å². The number of rotatable bonds is 2. The van der Waals surface area contributed by atoms with Crippen molar-refractivity contribution in [1.82, 2.24) is 4.98 Å². The highest BCUT2D eigenvalue weighted by atomic mass is 16.3. The number of hydrogen-bond donors (Lipinski definition) is 0. The number of fused-ring (bicyclic) bond motifs is 18. The van der Waals surface area contributed by atoms with E-state index in [4.69, 9.17) is 9.40 Å². The van der Waals surface area contributed by atoms with Gasteiger partial charge in [0.1, 0.15) is 11.2 Å². The van der Waals surface area contributed by atoms with Crippen molar-refractivity contribution in [3.63, 3.8) is 0 Å². The van der Waals surface area contributed by atoms with Gasteiger partial charge in [0, 0.05) is 22.4 Å². The highest BCUT2D eigenvalue weighted by molar-refractivity contribution is 6.24. The minimum atomic E-state index is -0.551. The van der Waals surface area contributed by atoms with Gasteiger partial charge >= 0.3 is 0 Å². The number of aromatic nitrogens is 1. The van der Waals surface area contributed by atoms with Crippen LogP contribution in [0.3, 0.4) is 0 Å². The Bertz CT molecular complexity index is 3790. The molecule has 2 aliphatic carbocycles. The monoisotopic (exact) mass is 759 g/mol. The van der Waals surface area contributed by atoms with E-state index in [-0.39, 0.29) is 0 Å². The third-order valence-corrected chi connectivity index (χ3v) is 13.7. The Kier molecular flexibility index (Phi) is 6.25. The summed E-state index contributed by atoms with van der Waals surface area (Å²) in [5.74, 6) is 0. The zero-order valence-electron chi connectivity index (χ0n) is 32.4. The van der Waals surface area contributed by atoms with E-state index in [0.717, 1.165) is 32.8 Å². The van der Waals surface area contributed by atoms with E-state index in [1.807, 2.05) is 12.3 Å². The first kappa shape index (κ1) is 32.2. The summed E-state index contributed by atoms with van der Waals surface area (Å²) < 4.78 is 6.56. The van der Waals surface area contributed by atoms with Crippen LogP contribution in [0.2, 0.25) is 0 Å². The van der Waals surface area contributed by atoms with Crippen LogP contribution in [0.4, 0.5) is 0 Å². The van der Waals surface area contributed by atoms with Gasteiger partial charge in [0.05, 0.1) is 10.9 Å². The maximum Gasteiger partial charge on any atom is 0.136 e. The summed E-state index contributed by atoms with van der Waals surface area (Å²) in [6.07, 6.45) is 1.88. The Morgan fingerprint density at radius 3 is 1.83 bits per heavy atom. The molecule has 0 aliphatic heterocycles. The van der Waals surface area contributed by atoms with Crippen LogP contribution in [0, 0.1) is 0 Å². The highest BCUT2D eigenvalue weighted by Gasteiger charge is 2.52. The second kappa shape index (κ2) is 11.7. The molecule has 2 heterocycles. The third kappa shape index (κ3) is 4.00. The molecule has 0 saturated carbocycles. The summed E-state index contributed by atoms with van der Waals surface area (Å²) in [5.41, 5.74) is 17.6. The molecule has 2 aromatic heterocycles. The molecule has 2 nitrogen and oxygen atoms in total. The van der Waals surface area contributed by atoms with Gasteiger partial charge < -0.3 is 4.42 Å². The fourth-order valence-electron chi connectivity index (χ4n) is 11.4. The topological polar surface area (TPSA) is 26.0 Å². The van der Waals surface area contributed by atoms with Crippen LogP contribution < -0.4 is 0 Å². The van der Waals surface area contributed by atoms with E-state index in [1.54, 1.807) is 0 Å². The molecule has 12 aromatic rings. The van der Waals surface area contributed by atoms with Crippen LogP contribution in [-0.2, 0) is 5.41 Å². The molecule has 276 valence electrons. The minimum absolute atomic E-state index is 0.551. The summed E-state index contributed by atoms with van der Waals surface area (Å²) in [6, 6.07) is 72.0. The number of para-hydroxylation sites is 1. The van der Waals surface area contributed by atoms with Gasteiger partial charge in [-0.2, -0.15) is 0 Å². The molecule has 1 unspecified atom stereocenters. The van der Waals surface area contributed by atoms with E-state index in [1.165, 1.54) is 99.1 Å². The zero-order chi connectivity index (χ0) is 39.1. The van der Waals surface area contributed by atoms with E-state index < -0.39 is 5.41 Å². The van der Waals surface area contributed by atoms with Crippen molar-refractivity contribution in [2.24, 2.45) is 0 Å². The van der Waals surface area contributed by atoms with Crippen molar-refractivity contribution in [1.29, 1.82) is 0 Å². The van der Waals surface area contributed by atoms with Gasteiger partial charge in [-0.15, -0.1) is 0 Å². The van der Waals surface area contributed by atoms with Gasteiger partial charge in [0.15, 0.2) is 0 Å². The van der Waals surface area contributed by atoms with Crippen molar-refractivity contribution < 1.29 is 4.42 Å². The molecule has 0 amide bonds. The average molecular weight is 760 g/mol. The maximum atomic E-state index is 6.56. The molecular formula is C58H33NO. The third-order valence-electron chi connectivity index (χ3n) is 13.7. The summed E-state index contributed by atoms with van der Waals surface area (Å²) in [5, 5.41) is 10.9. The van der Waals surface area contributed by atoms with Crippen molar-refractivity contribution in [2.45, 2.75) is 5.41 Å². The first-order valence-corrected chi connectivity index (χ1v) is 20.8. The fraction of sp³-hybridized carbons (Fsp3) is 0.0172. The molecule has 1 spiro atoms. The lowest BCUT2D eigenvalue weighted by Gasteiger charge is -2.31. The largest absolute Gasteiger partial charge is 0.456 e. The van der Waals surface area contributed by atoms with Gasteiger partial charge in [0.25, 0.3) is 0 Å². The first-order valence-electron chi connectivity index (χ1n) is 20.8. The van der Waals surface area contributed by atoms with Gasteiger partial charge in [0.2, 0.25) is 0 Å². The highest BCUT2D eigenvalue weighted by Crippen LogP contribution is 2.65. The van der Waals surface area contributed by atoms with E-state index in [2.05, 4.69) is 188 Å².